The van der Waals surface area contributed by atoms with Gasteiger partial charge in [0.2, 0.25) is 10.0 Å². The molecule has 4 rings (SSSR count). The van der Waals surface area contributed by atoms with Crippen LogP contribution in [-0.4, -0.2) is 56.4 Å². The highest BCUT2D eigenvalue weighted by atomic mass is 32.2. The summed E-state index contributed by atoms with van der Waals surface area (Å²) < 4.78 is 38.2. The number of hydrogen-bond donors (Lipinski definition) is 2. The van der Waals surface area contributed by atoms with Crippen LogP contribution in [0.1, 0.15) is 24.2 Å². The number of hydrogen-bond acceptors (Lipinski definition) is 6. The van der Waals surface area contributed by atoms with Crippen molar-refractivity contribution in [1.29, 1.82) is 0 Å². The standard InChI is InChI=1S/C21H23N3O6S/c1-13-10-24(11-14(2)30-13)31(27,28)17-6-3-15(4-7-17)21(26)22-16-5-8-19-18(9-16)23-20(25)12-29-19/h3-9,13-14H,10-12H2,1-2H3,(H,22,26)(H,23,25). The zero-order chi connectivity index (χ0) is 22.2. The van der Waals surface area contributed by atoms with Gasteiger partial charge in [0.15, 0.2) is 6.61 Å². The first kappa shape index (κ1) is 21.3. The predicted octanol–water partition coefficient (Wildman–Crippen LogP) is 2.07. The van der Waals surface area contributed by atoms with Crippen LogP contribution in [0.3, 0.4) is 0 Å². The summed E-state index contributed by atoms with van der Waals surface area (Å²) >= 11 is 0. The van der Waals surface area contributed by atoms with Crippen LogP contribution >= 0.6 is 0 Å². The first-order valence-corrected chi connectivity index (χ1v) is 11.3. The van der Waals surface area contributed by atoms with Crippen LogP contribution in [0.15, 0.2) is 47.4 Å². The van der Waals surface area contributed by atoms with Crippen molar-refractivity contribution in [2.45, 2.75) is 31.0 Å². The fourth-order valence-corrected chi connectivity index (χ4v) is 5.21. The van der Waals surface area contributed by atoms with Crippen LogP contribution in [0.2, 0.25) is 0 Å². The molecule has 2 amide bonds. The van der Waals surface area contributed by atoms with Gasteiger partial charge in [-0.2, -0.15) is 4.31 Å². The number of sulfonamides is 1. The molecule has 0 aliphatic carbocycles. The largest absolute Gasteiger partial charge is 0.482 e. The van der Waals surface area contributed by atoms with Crippen molar-refractivity contribution in [3.05, 3.63) is 48.0 Å². The van der Waals surface area contributed by atoms with Crippen LogP contribution in [0, 0.1) is 0 Å². The minimum absolute atomic E-state index is 0.0454. The molecule has 2 aliphatic rings. The monoisotopic (exact) mass is 445 g/mol. The van der Waals surface area contributed by atoms with Crippen LogP contribution in [0.25, 0.3) is 0 Å². The molecule has 9 nitrogen and oxygen atoms in total. The van der Waals surface area contributed by atoms with Crippen LogP contribution in [-0.2, 0) is 19.6 Å². The molecule has 10 heteroatoms. The third-order valence-corrected chi connectivity index (χ3v) is 6.86. The summed E-state index contributed by atoms with van der Waals surface area (Å²) in [6.07, 6.45) is -0.370. The average molecular weight is 445 g/mol. The van der Waals surface area contributed by atoms with E-state index >= 15 is 0 Å². The SMILES string of the molecule is CC1CN(S(=O)(=O)c2ccc(C(=O)Nc3ccc4c(c3)NC(=O)CO4)cc2)CC(C)O1. The van der Waals surface area contributed by atoms with Gasteiger partial charge in [0, 0.05) is 24.3 Å². The maximum Gasteiger partial charge on any atom is 0.262 e. The first-order valence-electron chi connectivity index (χ1n) is 9.86. The zero-order valence-electron chi connectivity index (χ0n) is 17.1. The van der Waals surface area contributed by atoms with E-state index in [1.165, 1.54) is 28.6 Å². The number of benzene rings is 2. The maximum atomic E-state index is 12.9. The first-order chi connectivity index (χ1) is 14.7. The molecule has 0 spiro atoms. The van der Waals surface area contributed by atoms with Gasteiger partial charge in [-0.05, 0) is 56.3 Å². The Bertz CT molecular complexity index is 1110. The van der Waals surface area contributed by atoms with Crippen molar-refractivity contribution >= 4 is 33.2 Å². The van der Waals surface area contributed by atoms with E-state index in [-0.39, 0.29) is 42.7 Å². The van der Waals surface area contributed by atoms with E-state index in [0.717, 1.165) is 0 Å². The van der Waals surface area contributed by atoms with E-state index < -0.39 is 15.9 Å². The molecule has 1 saturated heterocycles. The van der Waals surface area contributed by atoms with Crippen LogP contribution < -0.4 is 15.4 Å². The number of rotatable bonds is 4. The van der Waals surface area contributed by atoms with Gasteiger partial charge in [0.1, 0.15) is 5.75 Å². The number of nitrogens with one attached hydrogen (secondary N) is 2. The lowest BCUT2D eigenvalue weighted by atomic mass is 10.2. The Morgan fingerprint density at radius 3 is 2.45 bits per heavy atom. The molecular formula is C21H23N3O6S. The number of amides is 2. The van der Waals surface area contributed by atoms with Gasteiger partial charge >= 0.3 is 0 Å². The van der Waals surface area contributed by atoms with Gasteiger partial charge < -0.3 is 20.1 Å². The molecule has 2 unspecified atom stereocenters. The van der Waals surface area contributed by atoms with Crippen molar-refractivity contribution < 1.29 is 27.5 Å². The number of morpholine rings is 1. The summed E-state index contributed by atoms with van der Waals surface area (Å²) in [6.45, 7) is 4.20. The van der Waals surface area contributed by atoms with E-state index in [9.17, 15) is 18.0 Å². The predicted molar refractivity (Wildman–Crippen MR) is 114 cm³/mol. The Hall–Kier alpha value is -2.95. The molecule has 31 heavy (non-hydrogen) atoms. The molecule has 2 N–H and O–H groups in total. The van der Waals surface area contributed by atoms with Crippen LogP contribution in [0.5, 0.6) is 5.75 Å². The fourth-order valence-electron chi connectivity index (χ4n) is 3.62. The minimum atomic E-state index is -3.68. The summed E-state index contributed by atoms with van der Waals surface area (Å²) in [4.78, 5) is 24.2. The lowest BCUT2D eigenvalue weighted by molar-refractivity contribution is -0.118. The summed E-state index contributed by atoms with van der Waals surface area (Å²) in [5.41, 5.74) is 1.26. The number of anilines is 2. The Balaban J connectivity index is 1.47. The number of carbonyl (C=O) groups is 2. The molecule has 2 heterocycles. The Kier molecular flexibility index (Phi) is 5.69. The fraction of sp³-hybridized carbons (Fsp3) is 0.333. The number of ether oxygens (including phenoxy) is 2. The van der Waals surface area contributed by atoms with E-state index in [1.807, 2.05) is 13.8 Å². The Morgan fingerprint density at radius 1 is 1.10 bits per heavy atom. The maximum absolute atomic E-state index is 12.9. The van der Waals surface area contributed by atoms with Crippen molar-refractivity contribution in [3.8, 4) is 5.75 Å². The number of carbonyl (C=O) groups excluding carboxylic acids is 2. The molecule has 2 aromatic carbocycles. The molecule has 164 valence electrons. The number of fused-ring (bicyclic) bond motifs is 1. The highest BCUT2D eigenvalue weighted by Crippen LogP contribution is 2.30. The van der Waals surface area contributed by atoms with E-state index in [0.29, 0.717) is 22.7 Å². The van der Waals surface area contributed by atoms with Gasteiger partial charge in [0.05, 0.1) is 22.8 Å². The molecule has 0 saturated carbocycles. The quantitative estimate of drug-likeness (QED) is 0.745. The highest BCUT2D eigenvalue weighted by molar-refractivity contribution is 7.89. The molecule has 2 aliphatic heterocycles. The average Bonchev–Trinajstić information content (AvgIpc) is 2.73. The van der Waals surface area contributed by atoms with Gasteiger partial charge in [-0.1, -0.05) is 0 Å². The minimum Gasteiger partial charge on any atom is -0.482 e. The molecular weight excluding hydrogens is 422 g/mol. The van der Waals surface area contributed by atoms with Gasteiger partial charge in [0.25, 0.3) is 11.8 Å². The summed E-state index contributed by atoms with van der Waals surface area (Å²) in [5, 5.41) is 5.41. The number of nitrogens with zero attached hydrogens (tertiary/aromatic N) is 1. The van der Waals surface area contributed by atoms with E-state index in [1.54, 1.807) is 18.2 Å². The summed E-state index contributed by atoms with van der Waals surface area (Å²) in [6, 6.07) is 10.7. The van der Waals surface area contributed by atoms with Gasteiger partial charge in [-0.3, -0.25) is 9.59 Å². The van der Waals surface area contributed by atoms with Crippen molar-refractivity contribution in [2.24, 2.45) is 0 Å². The third kappa shape index (κ3) is 4.55. The second kappa shape index (κ2) is 8.29. The van der Waals surface area contributed by atoms with Crippen molar-refractivity contribution in [3.63, 3.8) is 0 Å². The molecule has 2 atom stereocenters. The molecule has 0 bridgehead atoms. The zero-order valence-corrected chi connectivity index (χ0v) is 17.9. The second-order valence-electron chi connectivity index (χ2n) is 7.61. The smallest absolute Gasteiger partial charge is 0.262 e. The lowest BCUT2D eigenvalue weighted by Crippen LogP contribution is -2.48. The lowest BCUT2D eigenvalue weighted by Gasteiger charge is -2.34. The summed E-state index contributed by atoms with van der Waals surface area (Å²) in [5.74, 6) is -0.142. The molecule has 0 aromatic heterocycles. The van der Waals surface area contributed by atoms with Crippen molar-refractivity contribution in [1.82, 2.24) is 4.31 Å². The third-order valence-electron chi connectivity index (χ3n) is 5.01. The molecule has 0 radical (unpaired) electrons. The van der Waals surface area contributed by atoms with Crippen molar-refractivity contribution in [2.75, 3.05) is 30.3 Å². The molecule has 2 aromatic rings. The van der Waals surface area contributed by atoms with Gasteiger partial charge in [-0.25, -0.2) is 8.42 Å². The van der Waals surface area contributed by atoms with Gasteiger partial charge in [-0.15, -0.1) is 0 Å². The Labute approximate surface area is 180 Å². The highest BCUT2D eigenvalue weighted by Gasteiger charge is 2.32. The normalized spacial score (nSPS) is 21.5. The topological polar surface area (TPSA) is 114 Å². The molecule has 1 fully saturated rings. The Morgan fingerprint density at radius 2 is 1.77 bits per heavy atom. The summed E-state index contributed by atoms with van der Waals surface area (Å²) in [7, 11) is -3.68. The van der Waals surface area contributed by atoms with E-state index in [4.69, 9.17) is 9.47 Å². The van der Waals surface area contributed by atoms with E-state index in [2.05, 4.69) is 10.6 Å². The van der Waals surface area contributed by atoms with Crippen LogP contribution in [0.4, 0.5) is 11.4 Å². The second-order valence-corrected chi connectivity index (χ2v) is 9.54.